The third-order valence-electron chi connectivity index (χ3n) is 4.58. The molecule has 3 rings (SSSR count). The van der Waals surface area contributed by atoms with Crippen molar-refractivity contribution < 1.29 is 9.69 Å². The quantitative estimate of drug-likeness (QED) is 0.896. The molecule has 4 heteroatoms. The van der Waals surface area contributed by atoms with Crippen molar-refractivity contribution in [2.24, 2.45) is 0 Å². The number of rotatable bonds is 3. The second kappa shape index (κ2) is 6.23. The van der Waals surface area contributed by atoms with Gasteiger partial charge in [0.2, 0.25) is 0 Å². The average molecular weight is 315 g/mol. The maximum absolute atomic E-state index is 12.4. The zero-order chi connectivity index (χ0) is 15.7. The van der Waals surface area contributed by atoms with Crippen LogP contribution in [0.4, 0.5) is 5.69 Å². The van der Waals surface area contributed by atoms with Gasteiger partial charge in [0, 0.05) is 22.5 Å². The lowest BCUT2D eigenvalue weighted by Crippen LogP contribution is -3.14. The fourth-order valence-electron chi connectivity index (χ4n) is 3.25. The van der Waals surface area contributed by atoms with Gasteiger partial charge in [-0.25, -0.2) is 0 Å². The Morgan fingerprint density at radius 1 is 1.36 bits per heavy atom. The first-order chi connectivity index (χ1) is 10.5. The first-order valence-corrected chi connectivity index (χ1v) is 8.70. The molecule has 3 nitrogen and oxygen atoms in total. The Labute approximate surface area is 136 Å². The van der Waals surface area contributed by atoms with E-state index in [1.54, 1.807) is 0 Å². The molecular formula is C18H23N2OS+. The van der Waals surface area contributed by atoms with Crippen LogP contribution in [0.3, 0.4) is 0 Å². The molecule has 1 aromatic carbocycles. The number of aryl methyl sites for hydroxylation is 2. The highest BCUT2D eigenvalue weighted by atomic mass is 32.1. The maximum Gasteiger partial charge on any atom is 0.279 e. The van der Waals surface area contributed by atoms with Crippen molar-refractivity contribution in [3.05, 3.63) is 51.2 Å². The van der Waals surface area contributed by atoms with Crippen molar-refractivity contribution in [3.8, 4) is 0 Å². The van der Waals surface area contributed by atoms with Gasteiger partial charge in [-0.05, 0) is 43.8 Å². The van der Waals surface area contributed by atoms with Crippen molar-refractivity contribution in [2.45, 2.75) is 33.2 Å². The molecule has 0 aliphatic carbocycles. The Morgan fingerprint density at radius 2 is 2.18 bits per heavy atom. The smallest absolute Gasteiger partial charge is 0.279 e. The molecule has 0 spiro atoms. The first kappa shape index (κ1) is 15.3. The van der Waals surface area contributed by atoms with Crippen molar-refractivity contribution in [1.29, 1.82) is 0 Å². The van der Waals surface area contributed by atoms with Crippen LogP contribution in [-0.4, -0.2) is 19.0 Å². The molecule has 0 radical (unpaired) electrons. The number of anilines is 1. The number of quaternary nitrogens is 1. The zero-order valence-corrected chi connectivity index (χ0v) is 14.2. The van der Waals surface area contributed by atoms with Gasteiger partial charge < -0.3 is 10.2 Å². The van der Waals surface area contributed by atoms with Crippen LogP contribution in [0.25, 0.3) is 0 Å². The Balaban J connectivity index is 1.65. The van der Waals surface area contributed by atoms with Crippen molar-refractivity contribution >= 4 is 22.9 Å². The number of carbonyl (C=O) groups is 1. The Kier molecular flexibility index (Phi) is 4.32. The lowest BCUT2D eigenvalue weighted by molar-refractivity contribution is -0.923. The fraction of sp³-hybridized carbons (Fsp3) is 0.389. The molecular weight excluding hydrogens is 292 g/mol. The molecule has 2 atom stereocenters. The summed E-state index contributed by atoms with van der Waals surface area (Å²) in [5, 5.41) is 5.23. The second-order valence-electron chi connectivity index (χ2n) is 6.22. The largest absolute Gasteiger partial charge is 0.321 e. The molecule has 1 aliphatic rings. The molecule has 22 heavy (non-hydrogen) atoms. The van der Waals surface area contributed by atoms with E-state index >= 15 is 0 Å². The van der Waals surface area contributed by atoms with Crippen LogP contribution < -0.4 is 10.2 Å². The van der Waals surface area contributed by atoms with Crippen LogP contribution in [0.5, 0.6) is 0 Å². The number of benzene rings is 1. The average Bonchev–Trinajstić information content (AvgIpc) is 2.94. The van der Waals surface area contributed by atoms with E-state index in [4.69, 9.17) is 0 Å². The molecule has 2 heterocycles. The van der Waals surface area contributed by atoms with Crippen LogP contribution >= 0.6 is 11.3 Å². The SMILES string of the molecule is Cc1ccc(NC(=O)C[NH+]2CCc3sccc3[C@H]2C)c(C)c1. The van der Waals surface area contributed by atoms with Gasteiger partial charge in [-0.15, -0.1) is 11.3 Å². The molecule has 1 unspecified atom stereocenters. The van der Waals surface area contributed by atoms with E-state index in [-0.39, 0.29) is 5.91 Å². The number of amides is 1. The highest BCUT2D eigenvalue weighted by molar-refractivity contribution is 7.10. The van der Waals surface area contributed by atoms with E-state index in [0.717, 1.165) is 24.2 Å². The Bertz CT molecular complexity index is 692. The van der Waals surface area contributed by atoms with Crippen LogP contribution in [-0.2, 0) is 11.2 Å². The highest BCUT2D eigenvalue weighted by Crippen LogP contribution is 2.24. The molecule has 1 aromatic heterocycles. The molecule has 0 saturated carbocycles. The summed E-state index contributed by atoms with van der Waals surface area (Å²) in [4.78, 5) is 15.2. The predicted octanol–water partition coefficient (Wildman–Crippen LogP) is 2.51. The van der Waals surface area contributed by atoms with Gasteiger partial charge in [0.25, 0.3) is 5.91 Å². The fourth-order valence-corrected chi connectivity index (χ4v) is 4.23. The van der Waals surface area contributed by atoms with E-state index in [9.17, 15) is 4.79 Å². The Morgan fingerprint density at radius 3 is 2.95 bits per heavy atom. The first-order valence-electron chi connectivity index (χ1n) is 7.82. The molecule has 2 aromatic rings. The van der Waals surface area contributed by atoms with E-state index < -0.39 is 0 Å². The number of thiophene rings is 1. The molecule has 1 amide bonds. The lowest BCUT2D eigenvalue weighted by Gasteiger charge is -2.30. The normalized spacial score (nSPS) is 20.5. The minimum atomic E-state index is 0.104. The Hall–Kier alpha value is -1.65. The van der Waals surface area contributed by atoms with E-state index in [2.05, 4.69) is 36.7 Å². The third kappa shape index (κ3) is 3.08. The predicted molar refractivity (Wildman–Crippen MR) is 91.7 cm³/mol. The van der Waals surface area contributed by atoms with E-state index in [1.807, 2.05) is 30.4 Å². The number of carbonyl (C=O) groups excluding carboxylic acids is 1. The zero-order valence-electron chi connectivity index (χ0n) is 13.4. The van der Waals surface area contributed by atoms with Gasteiger partial charge in [0.15, 0.2) is 6.54 Å². The van der Waals surface area contributed by atoms with Crippen molar-refractivity contribution in [3.63, 3.8) is 0 Å². The molecule has 0 saturated heterocycles. The number of fused-ring (bicyclic) bond motifs is 1. The molecule has 0 fully saturated rings. The van der Waals surface area contributed by atoms with Crippen molar-refractivity contribution in [1.82, 2.24) is 0 Å². The van der Waals surface area contributed by atoms with E-state index in [0.29, 0.717) is 12.6 Å². The second-order valence-corrected chi connectivity index (χ2v) is 7.22. The van der Waals surface area contributed by atoms with E-state index in [1.165, 1.54) is 20.9 Å². The van der Waals surface area contributed by atoms with Gasteiger partial charge in [-0.2, -0.15) is 0 Å². The molecule has 2 N–H and O–H groups in total. The number of hydrogen-bond donors (Lipinski definition) is 2. The number of hydrogen-bond acceptors (Lipinski definition) is 2. The van der Waals surface area contributed by atoms with Crippen molar-refractivity contribution in [2.75, 3.05) is 18.4 Å². The minimum Gasteiger partial charge on any atom is -0.321 e. The summed E-state index contributed by atoms with van der Waals surface area (Å²) in [5.74, 6) is 0.104. The summed E-state index contributed by atoms with van der Waals surface area (Å²) in [6.45, 7) is 7.90. The summed E-state index contributed by atoms with van der Waals surface area (Å²) < 4.78 is 0. The van der Waals surface area contributed by atoms with Gasteiger partial charge in [-0.3, -0.25) is 4.79 Å². The topological polar surface area (TPSA) is 33.5 Å². The summed E-state index contributed by atoms with van der Waals surface area (Å²) in [5.41, 5.74) is 4.69. The third-order valence-corrected chi connectivity index (χ3v) is 5.57. The number of nitrogens with one attached hydrogen (secondary N) is 2. The molecule has 0 bridgehead atoms. The summed E-state index contributed by atoms with van der Waals surface area (Å²) in [7, 11) is 0. The van der Waals surface area contributed by atoms with Crippen LogP contribution in [0.1, 0.15) is 34.5 Å². The highest BCUT2D eigenvalue weighted by Gasteiger charge is 2.29. The maximum atomic E-state index is 12.4. The minimum absolute atomic E-state index is 0.104. The standard InChI is InChI=1S/C18H22N2OS/c1-12-4-5-16(13(2)10-12)19-18(21)11-20-8-6-17-15(14(20)3)7-9-22-17/h4-5,7,9-10,14H,6,8,11H2,1-3H3,(H,19,21)/p+1/t14-/m1/s1. The van der Waals surface area contributed by atoms with Gasteiger partial charge in [0.05, 0.1) is 6.54 Å². The monoisotopic (exact) mass is 315 g/mol. The molecule has 116 valence electrons. The van der Waals surface area contributed by atoms with Gasteiger partial charge in [-0.1, -0.05) is 17.7 Å². The van der Waals surface area contributed by atoms with Crippen LogP contribution in [0.15, 0.2) is 29.6 Å². The molecule has 1 aliphatic heterocycles. The van der Waals surface area contributed by atoms with Gasteiger partial charge in [0.1, 0.15) is 6.04 Å². The summed E-state index contributed by atoms with van der Waals surface area (Å²) in [6, 6.07) is 8.75. The lowest BCUT2D eigenvalue weighted by atomic mass is 10.0. The van der Waals surface area contributed by atoms with Crippen LogP contribution in [0, 0.1) is 13.8 Å². The van der Waals surface area contributed by atoms with Crippen LogP contribution in [0.2, 0.25) is 0 Å². The van der Waals surface area contributed by atoms with Gasteiger partial charge >= 0.3 is 0 Å². The summed E-state index contributed by atoms with van der Waals surface area (Å²) in [6.07, 6.45) is 1.09. The summed E-state index contributed by atoms with van der Waals surface area (Å²) >= 11 is 1.84.